The zero-order chi connectivity index (χ0) is 21.0. The lowest BCUT2D eigenvalue weighted by molar-refractivity contribution is -0.122. The Hall–Kier alpha value is -3.06. The van der Waals surface area contributed by atoms with Crippen molar-refractivity contribution < 1.29 is 19.0 Å². The van der Waals surface area contributed by atoms with Crippen LogP contribution in [0.3, 0.4) is 0 Å². The number of phenols is 1. The number of hydrogen-bond acceptors (Lipinski definition) is 5. The summed E-state index contributed by atoms with van der Waals surface area (Å²) in [5.41, 5.74) is 1.96. The lowest BCUT2D eigenvalue weighted by Crippen LogP contribution is -2.28. The number of methoxy groups -OCH3 is 1. The van der Waals surface area contributed by atoms with Crippen LogP contribution in [0.25, 0.3) is 6.08 Å². The number of allylic oxidation sites excluding steroid dienone is 1. The van der Waals surface area contributed by atoms with Crippen LogP contribution in [0.2, 0.25) is 0 Å². The summed E-state index contributed by atoms with van der Waals surface area (Å²) in [4.78, 5) is 19.4. The van der Waals surface area contributed by atoms with Crippen molar-refractivity contribution >= 4 is 34.6 Å². The highest BCUT2D eigenvalue weighted by atomic mass is 32.2. The highest BCUT2D eigenvalue weighted by Gasteiger charge is 2.32. The Bertz CT molecular complexity index is 1000. The van der Waals surface area contributed by atoms with Gasteiger partial charge in [-0.15, -0.1) is 6.58 Å². The van der Waals surface area contributed by atoms with Crippen LogP contribution in [0.4, 0.5) is 10.1 Å². The van der Waals surface area contributed by atoms with Crippen LogP contribution in [0.15, 0.2) is 59.0 Å². The van der Waals surface area contributed by atoms with Gasteiger partial charge < -0.3 is 9.84 Å². The minimum atomic E-state index is -0.339. The first-order chi connectivity index (χ1) is 14.0. The van der Waals surface area contributed by atoms with Gasteiger partial charge in [0.2, 0.25) is 0 Å². The van der Waals surface area contributed by atoms with Crippen molar-refractivity contribution in [3.8, 4) is 11.5 Å². The summed E-state index contributed by atoms with van der Waals surface area (Å²) in [5.74, 6) is -0.0998. The molecule has 1 saturated heterocycles. The number of hydrogen-bond donors (Lipinski definition) is 1. The first-order valence-electron chi connectivity index (χ1n) is 9.03. The third kappa shape index (κ3) is 4.51. The molecule has 1 fully saturated rings. The molecule has 5 nitrogen and oxygen atoms in total. The molecule has 2 aromatic rings. The van der Waals surface area contributed by atoms with Crippen LogP contribution in [0.5, 0.6) is 11.5 Å². The summed E-state index contributed by atoms with van der Waals surface area (Å²) in [7, 11) is 1.48. The largest absolute Gasteiger partial charge is 0.504 e. The van der Waals surface area contributed by atoms with Gasteiger partial charge in [-0.05, 0) is 73.1 Å². The van der Waals surface area contributed by atoms with Crippen molar-refractivity contribution in [2.24, 2.45) is 4.99 Å². The monoisotopic (exact) mass is 412 g/mol. The highest BCUT2D eigenvalue weighted by molar-refractivity contribution is 8.18. The van der Waals surface area contributed by atoms with Gasteiger partial charge in [0.15, 0.2) is 16.7 Å². The van der Waals surface area contributed by atoms with E-state index < -0.39 is 0 Å². The molecule has 1 aliphatic heterocycles. The van der Waals surface area contributed by atoms with Crippen LogP contribution in [-0.4, -0.2) is 34.7 Å². The van der Waals surface area contributed by atoms with Crippen LogP contribution in [0, 0.1) is 5.82 Å². The normalized spacial score (nSPS) is 16.7. The van der Waals surface area contributed by atoms with Gasteiger partial charge in [0.1, 0.15) is 5.82 Å². The average molecular weight is 412 g/mol. The van der Waals surface area contributed by atoms with Crippen molar-refractivity contribution in [3.63, 3.8) is 0 Å². The molecule has 0 aromatic heterocycles. The molecule has 0 aliphatic carbocycles. The number of aliphatic imine (C=N–C) groups is 1. The molecule has 2 aromatic carbocycles. The number of rotatable bonds is 6. The molecular weight excluding hydrogens is 391 g/mol. The lowest BCUT2D eigenvalue weighted by atomic mass is 10.1. The summed E-state index contributed by atoms with van der Waals surface area (Å²) in [5, 5.41) is 10.8. The van der Waals surface area contributed by atoms with Crippen LogP contribution in [0.1, 0.15) is 18.1 Å². The number of amidine groups is 1. The van der Waals surface area contributed by atoms with E-state index in [-0.39, 0.29) is 17.5 Å². The Balaban J connectivity index is 1.97. The van der Waals surface area contributed by atoms with Crippen molar-refractivity contribution in [2.45, 2.75) is 13.3 Å². The number of carbonyl (C=O) groups is 1. The number of thioether (sulfide) groups is 1. The number of carbonyl (C=O) groups excluding carboxylic acids is 1. The van der Waals surface area contributed by atoms with Crippen LogP contribution >= 0.6 is 11.8 Å². The van der Waals surface area contributed by atoms with Crippen LogP contribution < -0.4 is 4.74 Å². The summed E-state index contributed by atoms with van der Waals surface area (Å²) in [6.45, 7) is 6.03. The number of amides is 1. The Morgan fingerprint density at radius 1 is 1.31 bits per heavy atom. The third-order valence-electron chi connectivity index (χ3n) is 4.31. The number of halogens is 1. The van der Waals surface area contributed by atoms with Gasteiger partial charge in [-0.2, -0.15) is 0 Å². The van der Waals surface area contributed by atoms with E-state index in [9.17, 15) is 14.3 Å². The average Bonchev–Trinajstić information content (AvgIpc) is 3.00. The summed E-state index contributed by atoms with van der Waals surface area (Å²) >= 11 is 1.25. The van der Waals surface area contributed by atoms with Gasteiger partial charge in [-0.25, -0.2) is 9.38 Å². The molecular formula is C22H21FN2O3S. The molecule has 1 aliphatic rings. The first-order valence-corrected chi connectivity index (χ1v) is 9.85. The lowest BCUT2D eigenvalue weighted by Gasteiger charge is -2.12. The Morgan fingerprint density at radius 2 is 2.03 bits per heavy atom. The zero-order valence-electron chi connectivity index (χ0n) is 16.2. The van der Waals surface area contributed by atoms with E-state index in [0.717, 1.165) is 5.56 Å². The minimum Gasteiger partial charge on any atom is -0.504 e. The molecule has 3 rings (SSSR count). The molecule has 1 N–H and O–H groups in total. The maximum atomic E-state index is 13.1. The Kier molecular flexibility index (Phi) is 6.39. The third-order valence-corrected chi connectivity index (χ3v) is 5.32. The second kappa shape index (κ2) is 8.96. The van der Waals surface area contributed by atoms with Gasteiger partial charge in [-0.1, -0.05) is 6.08 Å². The topological polar surface area (TPSA) is 62.1 Å². The van der Waals surface area contributed by atoms with E-state index in [4.69, 9.17) is 4.74 Å². The second-order valence-corrected chi connectivity index (χ2v) is 7.26. The van der Waals surface area contributed by atoms with Gasteiger partial charge in [0, 0.05) is 12.1 Å². The smallest absolute Gasteiger partial charge is 0.266 e. The molecule has 0 bridgehead atoms. The Labute approximate surface area is 173 Å². The fourth-order valence-electron chi connectivity index (χ4n) is 2.89. The quantitative estimate of drug-likeness (QED) is 0.542. The molecule has 7 heteroatoms. The SMILES string of the molecule is C=CCc1cc(/C=C2/SC(=Nc3ccc(F)cc3)N(CC)C2=O)cc(OC)c1O. The molecule has 0 saturated carbocycles. The van der Waals surface area contributed by atoms with E-state index in [2.05, 4.69) is 11.6 Å². The predicted molar refractivity (Wildman–Crippen MR) is 115 cm³/mol. The molecule has 0 radical (unpaired) electrons. The van der Waals surface area contributed by atoms with Crippen molar-refractivity contribution in [2.75, 3.05) is 13.7 Å². The van der Waals surface area contributed by atoms with Gasteiger partial charge >= 0.3 is 0 Å². The second-order valence-electron chi connectivity index (χ2n) is 6.25. The van der Waals surface area contributed by atoms with E-state index in [1.807, 2.05) is 6.92 Å². The molecule has 0 unspecified atom stereocenters. The van der Waals surface area contributed by atoms with Crippen molar-refractivity contribution in [3.05, 3.63) is 70.9 Å². The van der Waals surface area contributed by atoms with Crippen molar-refractivity contribution in [1.29, 1.82) is 0 Å². The maximum Gasteiger partial charge on any atom is 0.266 e. The Morgan fingerprint density at radius 3 is 2.66 bits per heavy atom. The van der Waals surface area contributed by atoms with Gasteiger partial charge in [0.05, 0.1) is 17.7 Å². The highest BCUT2D eigenvalue weighted by Crippen LogP contribution is 2.37. The fourth-order valence-corrected chi connectivity index (χ4v) is 3.95. The van der Waals surface area contributed by atoms with E-state index >= 15 is 0 Å². The molecule has 150 valence electrons. The number of nitrogens with zero attached hydrogens (tertiary/aromatic N) is 2. The number of likely N-dealkylation sites (N-methyl/N-ethyl adjacent to an activating group) is 1. The van der Waals surface area contributed by atoms with Gasteiger partial charge in [-0.3, -0.25) is 9.69 Å². The van der Waals surface area contributed by atoms with E-state index in [0.29, 0.717) is 40.0 Å². The molecule has 1 amide bonds. The van der Waals surface area contributed by atoms with Gasteiger partial charge in [0.25, 0.3) is 5.91 Å². The summed E-state index contributed by atoms with van der Waals surface area (Å²) in [6, 6.07) is 9.26. The number of ether oxygens (including phenoxy) is 1. The standard InChI is InChI=1S/C22H21FN2O3S/c1-4-6-15-11-14(12-18(28-3)20(15)26)13-19-21(27)25(5-2)22(29-19)24-17-9-7-16(23)8-10-17/h4,7-13,26H,1,5-6H2,2-3H3/b19-13+,24-22?. The van der Waals surface area contributed by atoms with E-state index in [1.54, 1.807) is 41.3 Å². The van der Waals surface area contributed by atoms with E-state index in [1.165, 1.54) is 31.0 Å². The molecule has 1 heterocycles. The molecule has 0 atom stereocenters. The number of phenolic OH excluding ortho intramolecular Hbond substituents is 1. The predicted octanol–water partition coefficient (Wildman–Crippen LogP) is 4.89. The minimum absolute atomic E-state index is 0.0636. The summed E-state index contributed by atoms with van der Waals surface area (Å²) < 4.78 is 18.4. The molecule has 29 heavy (non-hydrogen) atoms. The maximum absolute atomic E-state index is 13.1. The first kappa shape index (κ1) is 20.7. The fraction of sp³-hybridized carbons (Fsp3) is 0.182. The molecule has 0 spiro atoms. The summed E-state index contributed by atoms with van der Waals surface area (Å²) in [6.07, 6.45) is 3.91. The number of aromatic hydroxyl groups is 1. The van der Waals surface area contributed by atoms with Crippen LogP contribution in [-0.2, 0) is 11.2 Å². The van der Waals surface area contributed by atoms with Crippen molar-refractivity contribution in [1.82, 2.24) is 4.90 Å². The number of benzene rings is 2. The zero-order valence-corrected chi connectivity index (χ0v) is 17.0.